The summed E-state index contributed by atoms with van der Waals surface area (Å²) >= 11 is 0. The van der Waals surface area contributed by atoms with Gasteiger partial charge in [0.1, 0.15) is 0 Å². The standard InChI is InChI=1S/C14H24N2O/c1-3-16-14(8-11(2)15-16)9-13(10-17)12-6-4-5-7-12/h8,12-13,17H,3-7,9-10H2,1-2H3. The van der Waals surface area contributed by atoms with E-state index in [-0.39, 0.29) is 0 Å². The summed E-state index contributed by atoms with van der Waals surface area (Å²) in [4.78, 5) is 0. The summed E-state index contributed by atoms with van der Waals surface area (Å²) in [6, 6.07) is 2.17. The molecule has 1 saturated carbocycles. The molecule has 17 heavy (non-hydrogen) atoms. The van der Waals surface area contributed by atoms with Gasteiger partial charge in [-0.2, -0.15) is 5.10 Å². The van der Waals surface area contributed by atoms with E-state index in [1.54, 1.807) is 0 Å². The van der Waals surface area contributed by atoms with Crippen LogP contribution in [0.1, 0.15) is 44.0 Å². The van der Waals surface area contributed by atoms with Gasteiger partial charge >= 0.3 is 0 Å². The van der Waals surface area contributed by atoms with Gasteiger partial charge in [-0.1, -0.05) is 25.7 Å². The number of nitrogens with zero attached hydrogens (tertiary/aromatic N) is 2. The zero-order valence-corrected chi connectivity index (χ0v) is 11.0. The number of aliphatic hydroxyl groups excluding tert-OH is 1. The highest BCUT2D eigenvalue weighted by Crippen LogP contribution is 2.33. The lowest BCUT2D eigenvalue weighted by Gasteiger charge is -2.21. The molecule has 0 radical (unpaired) electrons. The van der Waals surface area contributed by atoms with Crippen molar-refractivity contribution in [1.29, 1.82) is 0 Å². The summed E-state index contributed by atoms with van der Waals surface area (Å²) in [7, 11) is 0. The van der Waals surface area contributed by atoms with Crippen LogP contribution in [-0.2, 0) is 13.0 Å². The number of aromatic nitrogens is 2. The van der Waals surface area contributed by atoms with Gasteiger partial charge in [0.05, 0.1) is 5.69 Å². The van der Waals surface area contributed by atoms with Crippen LogP contribution >= 0.6 is 0 Å². The molecule has 1 aromatic rings. The van der Waals surface area contributed by atoms with E-state index in [0.29, 0.717) is 12.5 Å². The highest BCUT2D eigenvalue weighted by molar-refractivity contribution is 5.10. The fourth-order valence-electron chi connectivity index (χ4n) is 3.11. The largest absolute Gasteiger partial charge is 0.396 e. The van der Waals surface area contributed by atoms with Crippen molar-refractivity contribution in [2.45, 2.75) is 52.5 Å². The zero-order chi connectivity index (χ0) is 12.3. The van der Waals surface area contributed by atoms with Crippen LogP contribution in [0, 0.1) is 18.8 Å². The van der Waals surface area contributed by atoms with Gasteiger partial charge in [0.25, 0.3) is 0 Å². The van der Waals surface area contributed by atoms with Gasteiger partial charge in [0.2, 0.25) is 0 Å². The average molecular weight is 236 g/mol. The second-order valence-electron chi connectivity index (χ2n) is 5.28. The Balaban J connectivity index is 2.06. The van der Waals surface area contributed by atoms with Crippen molar-refractivity contribution in [2.75, 3.05) is 6.61 Å². The zero-order valence-electron chi connectivity index (χ0n) is 11.0. The van der Waals surface area contributed by atoms with E-state index in [2.05, 4.69) is 22.8 Å². The highest BCUT2D eigenvalue weighted by Gasteiger charge is 2.25. The Bertz CT molecular complexity index is 353. The molecule has 1 atom stereocenters. The molecule has 0 amide bonds. The fraction of sp³-hybridized carbons (Fsp3) is 0.786. The molecule has 1 fully saturated rings. The van der Waals surface area contributed by atoms with Crippen LogP contribution in [0.25, 0.3) is 0 Å². The van der Waals surface area contributed by atoms with E-state index in [0.717, 1.165) is 24.6 Å². The average Bonchev–Trinajstić information content (AvgIpc) is 2.94. The SMILES string of the molecule is CCn1nc(C)cc1CC(CO)C1CCCC1. The van der Waals surface area contributed by atoms with Crippen LogP contribution in [0.15, 0.2) is 6.07 Å². The monoisotopic (exact) mass is 236 g/mol. The van der Waals surface area contributed by atoms with Crippen LogP contribution in [0.5, 0.6) is 0 Å². The number of aliphatic hydroxyl groups is 1. The summed E-state index contributed by atoms with van der Waals surface area (Å²) in [5.74, 6) is 1.15. The predicted molar refractivity (Wildman–Crippen MR) is 68.9 cm³/mol. The van der Waals surface area contributed by atoms with Crippen molar-refractivity contribution in [2.24, 2.45) is 11.8 Å². The lowest BCUT2D eigenvalue weighted by atomic mass is 9.87. The summed E-state index contributed by atoms with van der Waals surface area (Å²) in [5.41, 5.74) is 2.38. The second-order valence-corrected chi connectivity index (χ2v) is 5.28. The van der Waals surface area contributed by atoms with E-state index in [4.69, 9.17) is 0 Å². The molecular formula is C14H24N2O. The Hall–Kier alpha value is -0.830. The third-order valence-corrected chi connectivity index (χ3v) is 4.06. The van der Waals surface area contributed by atoms with Crippen LogP contribution in [0.4, 0.5) is 0 Å². The van der Waals surface area contributed by atoms with Crippen molar-refractivity contribution in [1.82, 2.24) is 9.78 Å². The van der Waals surface area contributed by atoms with Gasteiger partial charge in [-0.3, -0.25) is 4.68 Å². The maximum Gasteiger partial charge on any atom is 0.0596 e. The van der Waals surface area contributed by atoms with E-state index >= 15 is 0 Å². The maximum absolute atomic E-state index is 9.59. The third-order valence-electron chi connectivity index (χ3n) is 4.06. The molecule has 1 unspecified atom stereocenters. The first-order valence-corrected chi connectivity index (χ1v) is 6.88. The molecule has 3 heteroatoms. The van der Waals surface area contributed by atoms with E-state index in [9.17, 15) is 5.11 Å². The number of hydrogen-bond acceptors (Lipinski definition) is 2. The minimum atomic E-state index is 0.318. The molecule has 0 saturated heterocycles. The lowest BCUT2D eigenvalue weighted by Crippen LogP contribution is -2.20. The molecule has 1 heterocycles. The van der Waals surface area contributed by atoms with Crippen molar-refractivity contribution < 1.29 is 5.11 Å². The molecule has 0 bridgehead atoms. The molecule has 2 rings (SSSR count). The number of rotatable bonds is 5. The molecule has 3 nitrogen and oxygen atoms in total. The van der Waals surface area contributed by atoms with Crippen LogP contribution in [0.3, 0.4) is 0 Å². The second kappa shape index (κ2) is 5.67. The Morgan fingerprint density at radius 3 is 2.76 bits per heavy atom. The maximum atomic E-state index is 9.59. The minimum absolute atomic E-state index is 0.318. The van der Waals surface area contributed by atoms with Crippen molar-refractivity contribution >= 4 is 0 Å². The topological polar surface area (TPSA) is 38.0 Å². The molecule has 1 N–H and O–H groups in total. The van der Waals surface area contributed by atoms with Crippen LogP contribution < -0.4 is 0 Å². The van der Waals surface area contributed by atoms with E-state index in [1.165, 1.54) is 31.4 Å². The summed E-state index contributed by atoms with van der Waals surface area (Å²) in [6.45, 7) is 5.41. The Morgan fingerprint density at radius 1 is 1.47 bits per heavy atom. The van der Waals surface area contributed by atoms with Gasteiger partial charge in [-0.05, 0) is 38.2 Å². The molecule has 1 aliphatic carbocycles. The molecule has 96 valence electrons. The minimum Gasteiger partial charge on any atom is -0.396 e. The molecular weight excluding hydrogens is 212 g/mol. The van der Waals surface area contributed by atoms with Crippen molar-refractivity contribution in [3.8, 4) is 0 Å². The van der Waals surface area contributed by atoms with Gasteiger partial charge in [0.15, 0.2) is 0 Å². The van der Waals surface area contributed by atoms with Gasteiger partial charge in [-0.25, -0.2) is 0 Å². The molecule has 0 spiro atoms. The van der Waals surface area contributed by atoms with E-state index in [1.807, 2.05) is 6.92 Å². The van der Waals surface area contributed by atoms with Crippen molar-refractivity contribution in [3.05, 3.63) is 17.5 Å². The van der Waals surface area contributed by atoms with Gasteiger partial charge in [-0.15, -0.1) is 0 Å². The fourth-order valence-corrected chi connectivity index (χ4v) is 3.11. The predicted octanol–water partition coefficient (Wildman–Crippen LogP) is 2.55. The molecule has 0 aromatic carbocycles. The summed E-state index contributed by atoms with van der Waals surface area (Å²) in [5, 5.41) is 14.1. The first kappa shape index (κ1) is 12.6. The van der Waals surface area contributed by atoms with Gasteiger partial charge in [0, 0.05) is 18.8 Å². The first-order chi connectivity index (χ1) is 8.24. The van der Waals surface area contributed by atoms with Crippen LogP contribution in [0.2, 0.25) is 0 Å². The van der Waals surface area contributed by atoms with Crippen LogP contribution in [-0.4, -0.2) is 21.5 Å². The third kappa shape index (κ3) is 2.89. The molecule has 1 aliphatic rings. The quantitative estimate of drug-likeness (QED) is 0.853. The highest BCUT2D eigenvalue weighted by atomic mass is 16.3. The smallest absolute Gasteiger partial charge is 0.0596 e. The Morgan fingerprint density at radius 2 is 2.18 bits per heavy atom. The first-order valence-electron chi connectivity index (χ1n) is 6.88. The number of aryl methyl sites for hydroxylation is 2. The summed E-state index contributed by atoms with van der Waals surface area (Å²) in [6.07, 6.45) is 6.26. The Kier molecular flexibility index (Phi) is 4.21. The molecule has 1 aromatic heterocycles. The summed E-state index contributed by atoms with van der Waals surface area (Å²) < 4.78 is 2.08. The lowest BCUT2D eigenvalue weighted by molar-refractivity contribution is 0.173. The van der Waals surface area contributed by atoms with Gasteiger partial charge < -0.3 is 5.11 Å². The van der Waals surface area contributed by atoms with E-state index < -0.39 is 0 Å². The normalized spacial score (nSPS) is 18.8. The number of hydrogen-bond donors (Lipinski definition) is 1. The Labute approximate surface area is 104 Å². The molecule has 0 aliphatic heterocycles. The van der Waals surface area contributed by atoms with Crippen molar-refractivity contribution in [3.63, 3.8) is 0 Å².